The summed E-state index contributed by atoms with van der Waals surface area (Å²) in [6, 6.07) is 18.8. The van der Waals surface area contributed by atoms with Crippen molar-refractivity contribution in [2.24, 2.45) is 5.11 Å². The second-order valence-electron chi connectivity index (χ2n) is 7.98. The van der Waals surface area contributed by atoms with Crippen molar-refractivity contribution in [1.29, 1.82) is 0 Å². The van der Waals surface area contributed by atoms with E-state index in [9.17, 15) is 5.53 Å². The van der Waals surface area contributed by atoms with Crippen LogP contribution in [0.3, 0.4) is 0 Å². The van der Waals surface area contributed by atoms with Crippen LogP contribution >= 0.6 is 0 Å². The molecule has 4 rings (SSSR count). The molecule has 174 valence electrons. The monoisotopic (exact) mass is 451 g/mol. The van der Waals surface area contributed by atoms with Gasteiger partial charge in [-0.05, 0) is 23.9 Å². The summed E-state index contributed by atoms with van der Waals surface area (Å²) in [5.74, 6) is 0. The average molecular weight is 452 g/mol. The molecule has 0 aromatic heterocycles. The van der Waals surface area contributed by atoms with Gasteiger partial charge in [0.15, 0.2) is 12.6 Å². The highest BCUT2D eigenvalue weighted by Crippen LogP contribution is 2.37. The van der Waals surface area contributed by atoms with Gasteiger partial charge < -0.3 is 23.7 Å². The highest BCUT2D eigenvalue weighted by Gasteiger charge is 2.50. The summed E-state index contributed by atoms with van der Waals surface area (Å²) in [5, 5.41) is 4.01. The number of allylic oxidation sites excluding steroid dienone is 1. The first-order chi connectivity index (χ1) is 16.3. The Labute approximate surface area is 193 Å². The maximum atomic E-state index is 9.29. The zero-order chi connectivity index (χ0) is 22.9. The molecule has 2 aliphatic heterocycles. The van der Waals surface area contributed by atoms with Crippen LogP contribution in [0.2, 0.25) is 0 Å². The Balaban J connectivity index is 1.55. The number of hydrogen-bond donors (Lipinski definition) is 0. The smallest absolute Gasteiger partial charge is 0.184 e. The molecule has 2 fully saturated rings. The van der Waals surface area contributed by atoms with E-state index in [0.29, 0.717) is 19.8 Å². The van der Waals surface area contributed by atoms with Crippen molar-refractivity contribution in [1.82, 2.24) is 0 Å². The van der Waals surface area contributed by atoms with Crippen LogP contribution in [0.25, 0.3) is 10.4 Å². The van der Waals surface area contributed by atoms with Gasteiger partial charge in [-0.3, -0.25) is 0 Å². The van der Waals surface area contributed by atoms with Gasteiger partial charge in [0.05, 0.1) is 19.8 Å². The second-order valence-corrected chi connectivity index (χ2v) is 7.98. The third-order valence-corrected chi connectivity index (χ3v) is 5.68. The minimum absolute atomic E-state index is 0.310. The van der Waals surface area contributed by atoms with Crippen LogP contribution in [0.4, 0.5) is 0 Å². The third kappa shape index (κ3) is 6.00. The summed E-state index contributed by atoms with van der Waals surface area (Å²) in [4.78, 5) is 3.06. The van der Waals surface area contributed by atoms with Crippen molar-refractivity contribution < 1.29 is 23.7 Å². The number of azide groups is 1. The summed E-state index contributed by atoms with van der Waals surface area (Å²) in [5.41, 5.74) is 11.2. The zero-order valence-electron chi connectivity index (χ0n) is 18.4. The molecule has 2 aliphatic rings. The predicted octanol–water partition coefficient (Wildman–Crippen LogP) is 5.07. The van der Waals surface area contributed by atoms with Crippen molar-refractivity contribution >= 4 is 0 Å². The van der Waals surface area contributed by atoms with Crippen molar-refractivity contribution in [3.63, 3.8) is 0 Å². The molecule has 0 N–H and O–H groups in total. The highest BCUT2D eigenvalue weighted by molar-refractivity contribution is 5.17. The van der Waals surface area contributed by atoms with Gasteiger partial charge in [0.25, 0.3) is 0 Å². The van der Waals surface area contributed by atoms with Gasteiger partial charge in [-0.2, -0.15) is 0 Å². The number of nitrogens with zero attached hydrogens (tertiary/aromatic N) is 3. The van der Waals surface area contributed by atoms with E-state index >= 15 is 0 Å². The molecule has 8 nitrogen and oxygen atoms in total. The number of benzene rings is 2. The number of ether oxygens (including phenoxy) is 5. The molecule has 0 spiro atoms. The minimum Gasteiger partial charge on any atom is -0.370 e. The molecule has 2 heterocycles. The van der Waals surface area contributed by atoms with Crippen molar-refractivity contribution in [3.8, 4) is 0 Å². The zero-order valence-corrected chi connectivity index (χ0v) is 18.4. The topological polar surface area (TPSA) is 94.9 Å². The van der Waals surface area contributed by atoms with E-state index < -0.39 is 36.9 Å². The molecule has 0 aliphatic carbocycles. The average Bonchev–Trinajstić information content (AvgIpc) is 2.87. The molecular formula is C25H29N3O5. The molecule has 33 heavy (non-hydrogen) atoms. The fraction of sp³-hybridized carbons (Fsp3) is 0.440. The fourth-order valence-corrected chi connectivity index (χ4v) is 4.04. The Morgan fingerprint density at radius 3 is 2.55 bits per heavy atom. The van der Waals surface area contributed by atoms with E-state index in [4.69, 9.17) is 23.7 Å². The van der Waals surface area contributed by atoms with E-state index in [1.165, 1.54) is 0 Å². The van der Waals surface area contributed by atoms with Crippen molar-refractivity contribution in [3.05, 3.63) is 94.9 Å². The molecule has 2 saturated heterocycles. The lowest BCUT2D eigenvalue weighted by Gasteiger charge is -2.48. The van der Waals surface area contributed by atoms with Crippen LogP contribution in [0.15, 0.2) is 78.4 Å². The first-order valence-corrected chi connectivity index (χ1v) is 11.2. The standard InChI is InChI=1S/C25H29N3O5/c1-2-3-10-15-29-25-21(27-28-26)23(30-16-18-11-6-4-7-12-18)22-20(32-25)17-31-24(33-22)19-13-8-5-9-14-19/h2,4-9,11-14,20-25H,1,3,10,15-17H2/t20-,21-,22-,23-,24?,25-/m1/s1. The number of rotatable bonds is 10. The SMILES string of the molecule is C=CCCCO[C@@H]1O[C@@H]2COC(c3ccccc3)O[C@H]2[C@H](OCc2ccccc2)[C@H]1N=[N+]=[N-]. The van der Waals surface area contributed by atoms with Crippen LogP contribution in [0.1, 0.15) is 30.3 Å². The van der Waals surface area contributed by atoms with Crippen LogP contribution in [-0.4, -0.2) is 43.9 Å². The van der Waals surface area contributed by atoms with Crippen LogP contribution < -0.4 is 0 Å². The van der Waals surface area contributed by atoms with Gasteiger partial charge in [-0.25, -0.2) is 0 Å². The highest BCUT2D eigenvalue weighted by atomic mass is 16.7. The molecule has 1 unspecified atom stereocenters. The Bertz CT molecular complexity index is 922. The van der Waals surface area contributed by atoms with E-state index in [1.807, 2.05) is 66.7 Å². The molecule has 0 bridgehead atoms. The van der Waals surface area contributed by atoms with E-state index in [2.05, 4.69) is 16.6 Å². The lowest BCUT2D eigenvalue weighted by atomic mass is 9.96. The van der Waals surface area contributed by atoms with Crippen LogP contribution in [-0.2, 0) is 30.3 Å². The summed E-state index contributed by atoms with van der Waals surface area (Å²) in [6.45, 7) is 4.84. The number of fused-ring (bicyclic) bond motifs is 1. The third-order valence-electron chi connectivity index (χ3n) is 5.68. The molecule has 0 saturated carbocycles. The van der Waals surface area contributed by atoms with Gasteiger partial charge in [0, 0.05) is 10.5 Å². The van der Waals surface area contributed by atoms with Crippen LogP contribution in [0, 0.1) is 0 Å². The van der Waals surface area contributed by atoms with E-state index in [0.717, 1.165) is 24.0 Å². The Morgan fingerprint density at radius 2 is 1.82 bits per heavy atom. The maximum Gasteiger partial charge on any atom is 0.184 e. The van der Waals surface area contributed by atoms with Gasteiger partial charge in [0.2, 0.25) is 0 Å². The first kappa shape index (κ1) is 23.4. The molecular weight excluding hydrogens is 422 g/mol. The lowest BCUT2D eigenvalue weighted by molar-refractivity contribution is -0.347. The summed E-state index contributed by atoms with van der Waals surface area (Å²) >= 11 is 0. The number of hydrogen-bond acceptors (Lipinski definition) is 6. The summed E-state index contributed by atoms with van der Waals surface area (Å²) in [6.07, 6.45) is 0.660. The largest absolute Gasteiger partial charge is 0.370 e. The van der Waals surface area contributed by atoms with Crippen molar-refractivity contribution in [2.75, 3.05) is 13.2 Å². The quantitative estimate of drug-likeness (QED) is 0.165. The minimum atomic E-state index is -0.756. The Hall–Kier alpha value is -2.71. The van der Waals surface area contributed by atoms with Gasteiger partial charge >= 0.3 is 0 Å². The molecule has 2 aromatic rings. The summed E-state index contributed by atoms with van der Waals surface area (Å²) < 4.78 is 30.7. The first-order valence-electron chi connectivity index (χ1n) is 11.2. The molecule has 8 heteroatoms. The van der Waals surface area contributed by atoms with Gasteiger partial charge in [-0.15, -0.1) is 6.58 Å². The van der Waals surface area contributed by atoms with Crippen LogP contribution in [0.5, 0.6) is 0 Å². The predicted molar refractivity (Wildman–Crippen MR) is 122 cm³/mol. The van der Waals surface area contributed by atoms with E-state index in [-0.39, 0.29) is 0 Å². The van der Waals surface area contributed by atoms with Gasteiger partial charge in [-0.1, -0.05) is 71.9 Å². The molecule has 0 amide bonds. The Kier molecular flexibility index (Phi) is 8.49. The van der Waals surface area contributed by atoms with Gasteiger partial charge in [0.1, 0.15) is 24.4 Å². The Morgan fingerprint density at radius 1 is 1.06 bits per heavy atom. The van der Waals surface area contributed by atoms with Crippen molar-refractivity contribution in [2.45, 2.75) is 56.4 Å². The summed E-state index contributed by atoms with van der Waals surface area (Å²) in [7, 11) is 0. The number of unbranched alkanes of at least 4 members (excludes halogenated alkanes) is 1. The lowest BCUT2D eigenvalue weighted by Crippen LogP contribution is -2.62. The maximum absolute atomic E-state index is 9.29. The normalized spacial score (nSPS) is 29.0. The molecule has 2 aromatic carbocycles. The molecule has 6 atom stereocenters. The van der Waals surface area contributed by atoms with E-state index in [1.54, 1.807) is 0 Å². The second kappa shape index (κ2) is 12.0. The molecule has 0 radical (unpaired) electrons. The fourth-order valence-electron chi connectivity index (χ4n) is 4.04.